The van der Waals surface area contributed by atoms with Gasteiger partial charge >= 0.3 is 6.18 Å². The van der Waals surface area contributed by atoms with Gasteiger partial charge in [-0.05, 0) is 31.3 Å². The number of nitrogens with zero attached hydrogens (tertiary/aromatic N) is 2. The standard InChI is InChI=1S/C18H18F3N3O3/c1-23(10-12-5-4-8-27-12)11-17(26)24-14-7-3-2-6-13(14)22-16(25)9-15(24)18(19,20)21/h2-8,15H,9-11H2,1H3,(H,22,25)/t15-/m0/s1. The maximum atomic E-state index is 13.6. The average Bonchev–Trinajstić information content (AvgIpc) is 3.01. The number of para-hydroxylation sites is 2. The van der Waals surface area contributed by atoms with E-state index in [1.165, 1.54) is 24.5 Å². The summed E-state index contributed by atoms with van der Waals surface area (Å²) in [5.41, 5.74) is 0.207. The number of hydrogen-bond acceptors (Lipinski definition) is 4. The minimum Gasteiger partial charge on any atom is -0.468 e. The van der Waals surface area contributed by atoms with Crippen LogP contribution in [0.1, 0.15) is 12.2 Å². The number of benzene rings is 1. The number of halogens is 3. The van der Waals surface area contributed by atoms with E-state index in [2.05, 4.69) is 5.32 Å². The van der Waals surface area contributed by atoms with Gasteiger partial charge in [-0.1, -0.05) is 12.1 Å². The van der Waals surface area contributed by atoms with Gasteiger partial charge in [0.1, 0.15) is 11.8 Å². The fourth-order valence-corrected chi connectivity index (χ4v) is 3.03. The highest BCUT2D eigenvalue weighted by Gasteiger charge is 2.49. The van der Waals surface area contributed by atoms with Crippen molar-refractivity contribution in [3.63, 3.8) is 0 Å². The highest BCUT2D eigenvalue weighted by molar-refractivity contribution is 6.05. The summed E-state index contributed by atoms with van der Waals surface area (Å²) in [5.74, 6) is -0.954. The third-order valence-electron chi connectivity index (χ3n) is 4.19. The Bertz CT molecular complexity index is 821. The monoisotopic (exact) mass is 381 g/mol. The molecule has 0 saturated heterocycles. The molecular formula is C18H18F3N3O3. The van der Waals surface area contributed by atoms with Crippen molar-refractivity contribution in [2.75, 3.05) is 23.8 Å². The lowest BCUT2D eigenvalue weighted by Gasteiger charge is -2.32. The van der Waals surface area contributed by atoms with E-state index in [1.807, 2.05) is 0 Å². The Morgan fingerprint density at radius 2 is 2.04 bits per heavy atom. The molecule has 2 aromatic rings. The molecule has 144 valence electrons. The summed E-state index contributed by atoms with van der Waals surface area (Å²) in [4.78, 5) is 27.0. The molecule has 0 spiro atoms. The summed E-state index contributed by atoms with van der Waals surface area (Å²) < 4.78 is 46.1. The van der Waals surface area contributed by atoms with Crippen LogP contribution in [0.4, 0.5) is 24.5 Å². The second kappa shape index (κ2) is 7.43. The predicted molar refractivity (Wildman–Crippen MR) is 92.1 cm³/mol. The minimum atomic E-state index is -4.75. The van der Waals surface area contributed by atoms with Crippen LogP contribution in [0.5, 0.6) is 0 Å². The molecule has 6 nitrogen and oxygen atoms in total. The Morgan fingerprint density at radius 3 is 2.70 bits per heavy atom. The molecule has 1 aromatic heterocycles. The molecule has 0 saturated carbocycles. The van der Waals surface area contributed by atoms with Gasteiger partial charge in [-0.2, -0.15) is 13.2 Å². The maximum absolute atomic E-state index is 13.6. The Morgan fingerprint density at radius 1 is 1.30 bits per heavy atom. The molecular weight excluding hydrogens is 363 g/mol. The summed E-state index contributed by atoms with van der Waals surface area (Å²) in [6.07, 6.45) is -4.12. The van der Waals surface area contributed by atoms with Crippen LogP contribution in [-0.2, 0) is 16.1 Å². The van der Waals surface area contributed by atoms with Crippen LogP contribution in [-0.4, -0.2) is 42.5 Å². The van der Waals surface area contributed by atoms with Gasteiger partial charge in [0.2, 0.25) is 11.8 Å². The number of amides is 2. The molecule has 1 aliphatic heterocycles. The van der Waals surface area contributed by atoms with Gasteiger partial charge in [-0.25, -0.2) is 0 Å². The van der Waals surface area contributed by atoms with E-state index in [4.69, 9.17) is 4.42 Å². The highest BCUT2D eigenvalue weighted by Crippen LogP contribution is 2.37. The van der Waals surface area contributed by atoms with Gasteiger partial charge in [0, 0.05) is 0 Å². The van der Waals surface area contributed by atoms with Crippen LogP contribution in [0.15, 0.2) is 47.1 Å². The lowest BCUT2D eigenvalue weighted by molar-refractivity contribution is -0.158. The number of fused-ring (bicyclic) bond motifs is 1. The fraction of sp³-hybridized carbons (Fsp3) is 0.333. The number of nitrogens with one attached hydrogen (secondary N) is 1. The summed E-state index contributed by atoms with van der Waals surface area (Å²) in [5, 5.41) is 2.44. The van der Waals surface area contributed by atoms with Crippen LogP contribution in [0, 0.1) is 0 Å². The Kier molecular flexibility index (Phi) is 5.22. The molecule has 3 rings (SSSR count). The molecule has 9 heteroatoms. The lowest BCUT2D eigenvalue weighted by atomic mass is 10.1. The zero-order valence-corrected chi connectivity index (χ0v) is 14.5. The molecule has 1 N–H and O–H groups in total. The van der Waals surface area contributed by atoms with Crippen molar-refractivity contribution in [3.8, 4) is 0 Å². The molecule has 2 heterocycles. The molecule has 0 bridgehead atoms. The smallest absolute Gasteiger partial charge is 0.409 e. The zero-order valence-electron chi connectivity index (χ0n) is 14.5. The molecule has 0 unspecified atom stereocenters. The number of carbonyl (C=O) groups is 2. The summed E-state index contributed by atoms with van der Waals surface area (Å²) in [7, 11) is 1.61. The van der Waals surface area contributed by atoms with E-state index < -0.39 is 30.5 Å². The zero-order chi connectivity index (χ0) is 19.6. The van der Waals surface area contributed by atoms with Gasteiger partial charge in [0.25, 0.3) is 0 Å². The first kappa shape index (κ1) is 19.0. The average molecular weight is 381 g/mol. The normalized spacial score (nSPS) is 17.4. The third kappa shape index (κ3) is 4.30. The number of furan rings is 1. The second-order valence-electron chi connectivity index (χ2n) is 6.34. The third-order valence-corrected chi connectivity index (χ3v) is 4.19. The van der Waals surface area contributed by atoms with E-state index in [0.29, 0.717) is 10.7 Å². The van der Waals surface area contributed by atoms with Crippen LogP contribution in [0.2, 0.25) is 0 Å². The Balaban J connectivity index is 1.90. The second-order valence-corrected chi connectivity index (χ2v) is 6.34. The lowest BCUT2D eigenvalue weighted by Crippen LogP contribution is -2.52. The quantitative estimate of drug-likeness (QED) is 0.884. The van der Waals surface area contributed by atoms with E-state index in [9.17, 15) is 22.8 Å². The van der Waals surface area contributed by atoms with Crippen LogP contribution in [0.25, 0.3) is 0 Å². The Hall–Kier alpha value is -2.81. The van der Waals surface area contributed by atoms with Crippen molar-refractivity contribution in [3.05, 3.63) is 48.4 Å². The number of carbonyl (C=O) groups excluding carboxylic acids is 2. The number of alkyl halides is 3. The highest BCUT2D eigenvalue weighted by atomic mass is 19.4. The van der Waals surface area contributed by atoms with Crippen molar-refractivity contribution in [1.29, 1.82) is 0 Å². The maximum Gasteiger partial charge on any atom is 0.409 e. The molecule has 0 radical (unpaired) electrons. The minimum absolute atomic E-state index is 0.0297. The van der Waals surface area contributed by atoms with Crippen LogP contribution < -0.4 is 10.2 Å². The van der Waals surface area contributed by atoms with Crippen molar-refractivity contribution < 1.29 is 27.2 Å². The van der Waals surface area contributed by atoms with Gasteiger partial charge in [0.15, 0.2) is 0 Å². The summed E-state index contributed by atoms with van der Waals surface area (Å²) in [6, 6.07) is 7.14. The summed E-state index contributed by atoms with van der Waals surface area (Å²) in [6.45, 7) is -0.00209. The van der Waals surface area contributed by atoms with E-state index in [1.54, 1.807) is 30.1 Å². The van der Waals surface area contributed by atoms with E-state index in [0.717, 1.165) is 0 Å². The molecule has 1 aromatic carbocycles. The van der Waals surface area contributed by atoms with Crippen molar-refractivity contribution >= 4 is 23.2 Å². The topological polar surface area (TPSA) is 65.8 Å². The predicted octanol–water partition coefficient (Wildman–Crippen LogP) is 3.02. The number of anilines is 2. The van der Waals surface area contributed by atoms with Crippen LogP contribution in [0.3, 0.4) is 0 Å². The molecule has 1 atom stereocenters. The van der Waals surface area contributed by atoms with Crippen molar-refractivity contribution in [1.82, 2.24) is 4.90 Å². The number of likely N-dealkylation sites (N-methyl/N-ethyl adjacent to an activating group) is 1. The molecule has 27 heavy (non-hydrogen) atoms. The van der Waals surface area contributed by atoms with Gasteiger partial charge in [-0.3, -0.25) is 19.4 Å². The first-order chi connectivity index (χ1) is 12.8. The first-order valence-electron chi connectivity index (χ1n) is 8.24. The SMILES string of the molecule is CN(CC(=O)N1c2ccccc2NC(=O)C[C@H]1C(F)(F)F)Cc1ccco1. The van der Waals surface area contributed by atoms with Crippen molar-refractivity contribution in [2.45, 2.75) is 25.2 Å². The molecule has 0 fully saturated rings. The molecule has 2 amide bonds. The summed E-state index contributed by atoms with van der Waals surface area (Å²) >= 11 is 0. The fourth-order valence-electron chi connectivity index (χ4n) is 3.03. The molecule has 1 aliphatic rings. The number of hydrogen-bond donors (Lipinski definition) is 1. The van der Waals surface area contributed by atoms with Gasteiger partial charge < -0.3 is 9.73 Å². The van der Waals surface area contributed by atoms with E-state index >= 15 is 0 Å². The van der Waals surface area contributed by atoms with Gasteiger partial charge in [0.05, 0.1) is 37.1 Å². The van der Waals surface area contributed by atoms with Gasteiger partial charge in [-0.15, -0.1) is 0 Å². The first-order valence-corrected chi connectivity index (χ1v) is 8.24. The number of rotatable bonds is 4. The van der Waals surface area contributed by atoms with E-state index in [-0.39, 0.29) is 24.5 Å². The van der Waals surface area contributed by atoms with Crippen molar-refractivity contribution in [2.24, 2.45) is 0 Å². The Labute approximate surface area is 153 Å². The molecule has 0 aliphatic carbocycles. The van der Waals surface area contributed by atoms with Crippen LogP contribution >= 0.6 is 0 Å². The largest absolute Gasteiger partial charge is 0.468 e.